The zero-order chi connectivity index (χ0) is 13.7. The maximum atomic E-state index is 13.3. The van der Waals surface area contributed by atoms with Crippen LogP contribution in [0.2, 0.25) is 0 Å². The van der Waals surface area contributed by atoms with Crippen LogP contribution in [-0.2, 0) is 5.75 Å². The molecule has 2 N–H and O–H groups in total. The number of benzene rings is 1. The quantitative estimate of drug-likeness (QED) is 0.864. The molecule has 0 radical (unpaired) electrons. The van der Waals surface area contributed by atoms with E-state index in [4.69, 9.17) is 10.2 Å². The highest BCUT2D eigenvalue weighted by molar-refractivity contribution is 7.98. The third kappa shape index (κ3) is 3.85. The first-order valence-electron chi connectivity index (χ1n) is 6.35. The van der Waals surface area contributed by atoms with Crippen LogP contribution in [0.15, 0.2) is 47.1 Å². The Labute approximate surface area is 117 Å². The van der Waals surface area contributed by atoms with Crippen molar-refractivity contribution in [3.8, 4) is 0 Å². The number of thioether (sulfide) groups is 1. The van der Waals surface area contributed by atoms with Gasteiger partial charge >= 0.3 is 0 Å². The molecule has 2 unspecified atom stereocenters. The van der Waals surface area contributed by atoms with Gasteiger partial charge in [-0.25, -0.2) is 4.39 Å². The van der Waals surface area contributed by atoms with E-state index in [1.807, 2.05) is 25.1 Å². The number of hydrogen-bond acceptors (Lipinski definition) is 3. The maximum Gasteiger partial charge on any atom is 0.123 e. The van der Waals surface area contributed by atoms with Crippen molar-refractivity contribution < 1.29 is 8.81 Å². The summed E-state index contributed by atoms with van der Waals surface area (Å²) in [5, 5.41) is 0.0748. The van der Waals surface area contributed by atoms with Crippen molar-refractivity contribution >= 4 is 11.8 Å². The summed E-state index contributed by atoms with van der Waals surface area (Å²) in [6.07, 6.45) is 2.51. The Kier molecular flexibility index (Phi) is 5.05. The second-order valence-corrected chi connectivity index (χ2v) is 5.57. The minimum atomic E-state index is -0.218. The molecule has 0 aliphatic rings. The largest absolute Gasteiger partial charge is 0.468 e. The second kappa shape index (κ2) is 6.78. The molecule has 2 rings (SSSR count). The number of furan rings is 1. The summed E-state index contributed by atoms with van der Waals surface area (Å²) >= 11 is 1.69. The van der Waals surface area contributed by atoms with Gasteiger partial charge in [-0.2, -0.15) is 0 Å². The molecule has 102 valence electrons. The number of rotatable bonds is 6. The molecule has 0 fully saturated rings. The van der Waals surface area contributed by atoms with Gasteiger partial charge in [-0.1, -0.05) is 19.1 Å². The summed E-state index contributed by atoms with van der Waals surface area (Å²) in [5.41, 5.74) is 7.10. The highest BCUT2D eigenvalue weighted by Crippen LogP contribution is 2.35. The Morgan fingerprint density at radius 2 is 2.16 bits per heavy atom. The summed E-state index contributed by atoms with van der Waals surface area (Å²) in [6.45, 7) is 2.05. The van der Waals surface area contributed by atoms with Gasteiger partial charge in [0.2, 0.25) is 0 Å². The average Bonchev–Trinajstić information content (AvgIpc) is 2.92. The van der Waals surface area contributed by atoms with Gasteiger partial charge in [0.05, 0.1) is 12.0 Å². The molecule has 0 saturated carbocycles. The van der Waals surface area contributed by atoms with Gasteiger partial charge in [0.15, 0.2) is 0 Å². The van der Waals surface area contributed by atoms with E-state index in [9.17, 15) is 4.39 Å². The van der Waals surface area contributed by atoms with E-state index in [1.165, 1.54) is 6.07 Å². The van der Waals surface area contributed by atoms with Crippen molar-refractivity contribution in [1.82, 2.24) is 0 Å². The smallest absolute Gasteiger partial charge is 0.123 e. The lowest BCUT2D eigenvalue weighted by Gasteiger charge is -2.22. The summed E-state index contributed by atoms with van der Waals surface area (Å²) in [5.74, 6) is 1.43. The average molecular weight is 279 g/mol. The summed E-state index contributed by atoms with van der Waals surface area (Å²) in [4.78, 5) is 0. The predicted octanol–water partition coefficient (Wildman–Crippen LogP) is 4.13. The van der Waals surface area contributed by atoms with Crippen molar-refractivity contribution in [3.05, 3.63) is 59.8 Å². The fourth-order valence-electron chi connectivity index (χ4n) is 1.93. The Morgan fingerprint density at radius 1 is 1.32 bits per heavy atom. The van der Waals surface area contributed by atoms with Crippen molar-refractivity contribution in [1.29, 1.82) is 0 Å². The molecule has 1 aromatic carbocycles. The molecule has 2 aromatic rings. The fraction of sp³-hybridized carbons (Fsp3) is 0.333. The molecule has 0 aliphatic carbocycles. The van der Waals surface area contributed by atoms with E-state index >= 15 is 0 Å². The zero-order valence-corrected chi connectivity index (χ0v) is 11.7. The molecule has 19 heavy (non-hydrogen) atoms. The minimum Gasteiger partial charge on any atom is -0.468 e. The summed E-state index contributed by atoms with van der Waals surface area (Å²) < 4.78 is 18.7. The second-order valence-electron chi connectivity index (χ2n) is 4.44. The molecule has 0 saturated heterocycles. The van der Waals surface area contributed by atoms with Crippen molar-refractivity contribution in [3.63, 3.8) is 0 Å². The van der Waals surface area contributed by atoms with Crippen molar-refractivity contribution in [2.24, 2.45) is 5.73 Å². The topological polar surface area (TPSA) is 39.2 Å². The van der Waals surface area contributed by atoms with E-state index in [2.05, 4.69) is 0 Å². The number of nitrogens with two attached hydrogens (primary N) is 1. The van der Waals surface area contributed by atoms with E-state index in [1.54, 1.807) is 30.2 Å². The maximum absolute atomic E-state index is 13.3. The van der Waals surface area contributed by atoms with Gasteiger partial charge in [0.1, 0.15) is 11.6 Å². The number of halogens is 1. The van der Waals surface area contributed by atoms with Crippen LogP contribution in [0, 0.1) is 5.82 Å². The van der Waals surface area contributed by atoms with Gasteiger partial charge in [-0.3, -0.25) is 0 Å². The lowest BCUT2D eigenvalue weighted by molar-refractivity contribution is 0.529. The predicted molar refractivity (Wildman–Crippen MR) is 77.4 cm³/mol. The first kappa shape index (κ1) is 14.2. The van der Waals surface area contributed by atoms with Crippen LogP contribution >= 0.6 is 11.8 Å². The van der Waals surface area contributed by atoms with Crippen LogP contribution in [-0.4, -0.2) is 6.04 Å². The van der Waals surface area contributed by atoms with Crippen LogP contribution in [0.3, 0.4) is 0 Å². The van der Waals surface area contributed by atoms with Gasteiger partial charge < -0.3 is 10.2 Å². The Hall–Kier alpha value is -1.26. The van der Waals surface area contributed by atoms with Crippen LogP contribution in [0.1, 0.15) is 29.9 Å². The van der Waals surface area contributed by atoms with Crippen molar-refractivity contribution in [2.75, 3.05) is 0 Å². The molecule has 1 aromatic heterocycles. The lowest BCUT2D eigenvalue weighted by Crippen LogP contribution is -2.25. The number of hydrogen-bond donors (Lipinski definition) is 1. The third-order valence-electron chi connectivity index (χ3n) is 3.02. The highest BCUT2D eigenvalue weighted by atomic mass is 32.2. The summed E-state index contributed by atoms with van der Waals surface area (Å²) in [6, 6.07) is 10.5. The minimum absolute atomic E-state index is 0.00163. The molecular weight excluding hydrogens is 261 g/mol. The zero-order valence-electron chi connectivity index (χ0n) is 10.9. The van der Waals surface area contributed by atoms with E-state index in [0.717, 1.165) is 23.5 Å². The molecule has 0 bridgehead atoms. The van der Waals surface area contributed by atoms with Crippen LogP contribution in [0.4, 0.5) is 4.39 Å². The fourth-order valence-corrected chi connectivity index (χ4v) is 3.22. The van der Waals surface area contributed by atoms with E-state index in [-0.39, 0.29) is 17.1 Å². The third-order valence-corrected chi connectivity index (χ3v) is 4.45. The molecule has 0 amide bonds. The van der Waals surface area contributed by atoms with Crippen LogP contribution in [0.25, 0.3) is 0 Å². The van der Waals surface area contributed by atoms with Gasteiger partial charge in [-0.05, 0) is 36.2 Å². The van der Waals surface area contributed by atoms with E-state index < -0.39 is 0 Å². The van der Waals surface area contributed by atoms with E-state index in [0.29, 0.717) is 0 Å². The molecule has 4 heteroatoms. The van der Waals surface area contributed by atoms with Gasteiger partial charge in [0, 0.05) is 11.3 Å². The standard InChI is InChI=1S/C15H18FNOS/c1-2-14(17)15(11-5-3-6-12(16)9-11)19-10-13-7-4-8-18-13/h3-9,14-15H,2,10,17H2,1H3. The molecule has 0 spiro atoms. The molecule has 0 aliphatic heterocycles. The first-order chi connectivity index (χ1) is 9.20. The Bertz CT molecular complexity index is 501. The molecule has 1 heterocycles. The summed E-state index contributed by atoms with van der Waals surface area (Å²) in [7, 11) is 0. The Morgan fingerprint density at radius 3 is 2.79 bits per heavy atom. The molecule has 2 nitrogen and oxygen atoms in total. The highest BCUT2D eigenvalue weighted by Gasteiger charge is 2.20. The van der Waals surface area contributed by atoms with Crippen LogP contribution < -0.4 is 5.73 Å². The SMILES string of the molecule is CCC(N)C(SCc1ccco1)c1cccc(F)c1. The van der Waals surface area contributed by atoms with Crippen molar-refractivity contribution in [2.45, 2.75) is 30.4 Å². The van der Waals surface area contributed by atoms with Crippen LogP contribution in [0.5, 0.6) is 0 Å². The Balaban J connectivity index is 2.11. The molecule has 2 atom stereocenters. The van der Waals surface area contributed by atoms with Gasteiger partial charge in [0.25, 0.3) is 0 Å². The monoisotopic (exact) mass is 279 g/mol. The molecular formula is C15H18FNOS. The van der Waals surface area contributed by atoms with Gasteiger partial charge in [-0.15, -0.1) is 11.8 Å². The first-order valence-corrected chi connectivity index (χ1v) is 7.40. The normalized spacial score (nSPS) is 14.3. The lowest BCUT2D eigenvalue weighted by atomic mass is 10.0.